The fourth-order valence-electron chi connectivity index (χ4n) is 2.79. The van der Waals surface area contributed by atoms with E-state index < -0.39 is 0 Å². The molecule has 0 radical (unpaired) electrons. The molecule has 0 saturated heterocycles. The molecule has 4 aromatic rings. The van der Waals surface area contributed by atoms with Gasteiger partial charge in [0.25, 0.3) is 0 Å². The van der Waals surface area contributed by atoms with Gasteiger partial charge in [-0.1, -0.05) is 30.3 Å². The number of carbonyl (C=O) groups is 1. The molecule has 1 atom stereocenters. The Morgan fingerprint density at radius 1 is 0.889 bits per heavy atom. The maximum atomic E-state index is 12.3. The summed E-state index contributed by atoms with van der Waals surface area (Å²) < 4.78 is 1.18. The second kappa shape index (κ2) is 7.60. The van der Waals surface area contributed by atoms with Crippen LogP contribution in [0.4, 0.5) is 11.4 Å². The maximum absolute atomic E-state index is 12.3. The third-order valence-corrected chi connectivity index (χ3v) is 5.33. The lowest BCUT2D eigenvalue weighted by Crippen LogP contribution is -2.31. The predicted molar refractivity (Wildman–Crippen MR) is 113 cm³/mol. The zero-order valence-corrected chi connectivity index (χ0v) is 15.7. The summed E-state index contributed by atoms with van der Waals surface area (Å²) in [5, 5.41) is 7.14. The van der Waals surface area contributed by atoms with Crippen molar-refractivity contribution in [1.82, 2.24) is 4.98 Å². The molecule has 1 heterocycles. The standard InChI is InChI=1S/C22H19N3OS/c1-15(21(26)24-17-7-3-2-4-8-17)23-18-13-11-16(12-14-18)22-25-19-9-5-6-10-20(19)27-22/h2-15,23H,1H3,(H,24,26)/t15-/m0/s1. The number of rotatable bonds is 5. The van der Waals surface area contributed by atoms with Gasteiger partial charge in [-0.3, -0.25) is 4.79 Å². The minimum atomic E-state index is -0.349. The molecule has 1 amide bonds. The fraction of sp³-hybridized carbons (Fsp3) is 0.0909. The van der Waals surface area contributed by atoms with Gasteiger partial charge in [-0.15, -0.1) is 11.3 Å². The molecular weight excluding hydrogens is 354 g/mol. The van der Waals surface area contributed by atoms with E-state index in [1.54, 1.807) is 11.3 Å². The molecule has 4 nitrogen and oxygen atoms in total. The summed E-state index contributed by atoms with van der Waals surface area (Å²) in [6.07, 6.45) is 0. The monoisotopic (exact) mass is 373 g/mol. The number of fused-ring (bicyclic) bond motifs is 1. The Morgan fingerprint density at radius 3 is 2.33 bits per heavy atom. The quantitative estimate of drug-likeness (QED) is 0.492. The van der Waals surface area contributed by atoms with Gasteiger partial charge < -0.3 is 10.6 Å². The normalized spacial score (nSPS) is 11.9. The molecule has 3 aromatic carbocycles. The first-order valence-corrected chi connectivity index (χ1v) is 9.59. The summed E-state index contributed by atoms with van der Waals surface area (Å²) in [7, 11) is 0. The SMILES string of the molecule is C[C@H](Nc1ccc(-c2nc3ccccc3s2)cc1)C(=O)Nc1ccccc1. The van der Waals surface area contributed by atoms with Crippen LogP contribution in [0.2, 0.25) is 0 Å². The molecule has 27 heavy (non-hydrogen) atoms. The molecule has 0 aliphatic rings. The lowest BCUT2D eigenvalue weighted by molar-refractivity contribution is -0.116. The van der Waals surface area contributed by atoms with Gasteiger partial charge >= 0.3 is 0 Å². The lowest BCUT2D eigenvalue weighted by atomic mass is 10.2. The van der Waals surface area contributed by atoms with Crippen LogP contribution < -0.4 is 10.6 Å². The molecule has 134 valence electrons. The second-order valence-corrected chi connectivity index (χ2v) is 7.32. The number of nitrogens with one attached hydrogen (secondary N) is 2. The van der Waals surface area contributed by atoms with Crippen LogP contribution in [0.25, 0.3) is 20.8 Å². The molecule has 2 N–H and O–H groups in total. The number of carbonyl (C=O) groups excluding carboxylic acids is 1. The summed E-state index contributed by atoms with van der Waals surface area (Å²) >= 11 is 1.68. The summed E-state index contributed by atoms with van der Waals surface area (Å²) in [6, 6.07) is 25.3. The van der Waals surface area contributed by atoms with E-state index in [-0.39, 0.29) is 11.9 Å². The minimum Gasteiger partial charge on any atom is -0.374 e. The van der Waals surface area contributed by atoms with Crippen LogP contribution >= 0.6 is 11.3 Å². The Kier molecular flexibility index (Phi) is 4.85. The van der Waals surface area contributed by atoms with Gasteiger partial charge in [-0.05, 0) is 55.5 Å². The Morgan fingerprint density at radius 2 is 1.59 bits per heavy atom. The molecule has 5 heteroatoms. The summed E-state index contributed by atoms with van der Waals surface area (Å²) in [4.78, 5) is 17.0. The van der Waals surface area contributed by atoms with Crippen LogP contribution in [-0.4, -0.2) is 16.9 Å². The largest absolute Gasteiger partial charge is 0.374 e. The Labute approximate surface area is 161 Å². The number of thiazole rings is 1. The number of benzene rings is 3. The first-order chi connectivity index (χ1) is 13.2. The van der Waals surface area contributed by atoms with E-state index in [4.69, 9.17) is 0 Å². The van der Waals surface area contributed by atoms with Crippen molar-refractivity contribution in [3.8, 4) is 10.6 Å². The number of hydrogen-bond acceptors (Lipinski definition) is 4. The van der Waals surface area contributed by atoms with Crippen molar-refractivity contribution in [2.75, 3.05) is 10.6 Å². The second-order valence-electron chi connectivity index (χ2n) is 6.29. The average molecular weight is 373 g/mol. The van der Waals surface area contributed by atoms with Gasteiger partial charge in [0, 0.05) is 16.9 Å². The third-order valence-electron chi connectivity index (χ3n) is 4.24. The zero-order chi connectivity index (χ0) is 18.6. The van der Waals surface area contributed by atoms with E-state index in [0.717, 1.165) is 27.5 Å². The van der Waals surface area contributed by atoms with E-state index in [9.17, 15) is 4.79 Å². The molecule has 4 rings (SSSR count). The summed E-state index contributed by atoms with van der Waals surface area (Å²) in [6.45, 7) is 1.85. The van der Waals surface area contributed by atoms with Crippen LogP contribution in [0.1, 0.15) is 6.92 Å². The minimum absolute atomic E-state index is 0.0727. The first kappa shape index (κ1) is 17.2. The molecule has 0 spiro atoms. The van der Waals surface area contributed by atoms with E-state index in [1.165, 1.54) is 4.70 Å². The van der Waals surface area contributed by atoms with E-state index in [0.29, 0.717) is 0 Å². The Hall–Kier alpha value is -3.18. The lowest BCUT2D eigenvalue weighted by Gasteiger charge is -2.15. The van der Waals surface area contributed by atoms with Gasteiger partial charge in [0.05, 0.1) is 10.2 Å². The fourth-order valence-corrected chi connectivity index (χ4v) is 3.76. The van der Waals surface area contributed by atoms with Gasteiger partial charge in [0.15, 0.2) is 0 Å². The molecule has 0 unspecified atom stereocenters. The number of hydrogen-bond donors (Lipinski definition) is 2. The topological polar surface area (TPSA) is 54.0 Å². The van der Waals surface area contributed by atoms with Gasteiger partial charge in [0.2, 0.25) is 5.91 Å². The highest BCUT2D eigenvalue weighted by atomic mass is 32.1. The first-order valence-electron chi connectivity index (χ1n) is 8.77. The number of anilines is 2. The van der Waals surface area contributed by atoms with Crippen molar-refractivity contribution in [2.45, 2.75) is 13.0 Å². The van der Waals surface area contributed by atoms with E-state index >= 15 is 0 Å². The molecule has 1 aromatic heterocycles. The zero-order valence-electron chi connectivity index (χ0n) is 14.8. The van der Waals surface area contributed by atoms with Gasteiger partial charge in [-0.25, -0.2) is 4.98 Å². The molecule has 0 aliphatic carbocycles. The average Bonchev–Trinajstić information content (AvgIpc) is 3.13. The van der Waals surface area contributed by atoms with Crippen molar-refractivity contribution in [3.05, 3.63) is 78.9 Å². The predicted octanol–water partition coefficient (Wildman–Crippen LogP) is 5.40. The molecule has 0 saturated carbocycles. The van der Waals surface area contributed by atoms with Gasteiger partial charge in [-0.2, -0.15) is 0 Å². The summed E-state index contributed by atoms with van der Waals surface area (Å²) in [5.74, 6) is -0.0727. The maximum Gasteiger partial charge on any atom is 0.246 e. The molecule has 0 bridgehead atoms. The third kappa shape index (κ3) is 3.99. The smallest absolute Gasteiger partial charge is 0.246 e. The van der Waals surface area contributed by atoms with Crippen LogP contribution in [0.5, 0.6) is 0 Å². The van der Waals surface area contributed by atoms with E-state index in [2.05, 4.69) is 21.7 Å². The number of aromatic nitrogens is 1. The van der Waals surface area contributed by atoms with E-state index in [1.807, 2.05) is 79.7 Å². The number of amides is 1. The molecule has 0 fully saturated rings. The molecule has 0 aliphatic heterocycles. The van der Waals surface area contributed by atoms with Crippen LogP contribution in [0.3, 0.4) is 0 Å². The molecular formula is C22H19N3OS. The van der Waals surface area contributed by atoms with Gasteiger partial charge in [0.1, 0.15) is 11.0 Å². The Balaban J connectivity index is 1.43. The number of para-hydroxylation sites is 2. The number of nitrogens with zero attached hydrogens (tertiary/aromatic N) is 1. The highest BCUT2D eigenvalue weighted by Crippen LogP contribution is 2.30. The van der Waals surface area contributed by atoms with Crippen molar-refractivity contribution in [2.24, 2.45) is 0 Å². The Bertz CT molecular complexity index is 1020. The van der Waals surface area contributed by atoms with Crippen LogP contribution in [0, 0.1) is 0 Å². The highest BCUT2D eigenvalue weighted by Gasteiger charge is 2.13. The van der Waals surface area contributed by atoms with Crippen molar-refractivity contribution >= 4 is 38.8 Å². The summed E-state index contributed by atoms with van der Waals surface area (Å²) in [5.41, 5.74) is 3.78. The highest BCUT2D eigenvalue weighted by molar-refractivity contribution is 7.21. The van der Waals surface area contributed by atoms with Crippen LogP contribution in [0.15, 0.2) is 78.9 Å². The van der Waals surface area contributed by atoms with Crippen LogP contribution in [-0.2, 0) is 4.79 Å². The van der Waals surface area contributed by atoms with Crippen molar-refractivity contribution in [1.29, 1.82) is 0 Å². The van der Waals surface area contributed by atoms with Crippen molar-refractivity contribution < 1.29 is 4.79 Å². The van der Waals surface area contributed by atoms with Crippen molar-refractivity contribution in [3.63, 3.8) is 0 Å².